The highest BCUT2D eigenvalue weighted by atomic mass is 16.6. The maximum atomic E-state index is 12.0. The van der Waals surface area contributed by atoms with Gasteiger partial charge in [-0.1, -0.05) is 6.92 Å². The monoisotopic (exact) mass is 353 g/mol. The lowest BCUT2D eigenvalue weighted by Crippen LogP contribution is -2.44. The van der Waals surface area contributed by atoms with Crippen LogP contribution in [0, 0.1) is 5.92 Å². The summed E-state index contributed by atoms with van der Waals surface area (Å²) in [6.07, 6.45) is 4.32. The van der Waals surface area contributed by atoms with Crippen LogP contribution in [0.4, 0.5) is 4.79 Å². The van der Waals surface area contributed by atoms with Gasteiger partial charge in [-0.3, -0.25) is 9.89 Å². The van der Waals surface area contributed by atoms with E-state index in [0.717, 1.165) is 25.9 Å². The summed E-state index contributed by atoms with van der Waals surface area (Å²) in [5, 5.41) is 6.18. The quantitative estimate of drug-likeness (QED) is 0.478. The fraction of sp³-hybridized carbons (Fsp3) is 0.889. The molecule has 0 spiro atoms. The minimum absolute atomic E-state index is 0.00572. The number of hydrogen-bond donors (Lipinski definition) is 3. The van der Waals surface area contributed by atoms with E-state index in [0.29, 0.717) is 24.5 Å². The van der Waals surface area contributed by atoms with Crippen molar-refractivity contribution in [2.45, 2.75) is 71.1 Å². The van der Waals surface area contributed by atoms with Gasteiger partial charge in [-0.25, -0.2) is 4.79 Å². The molecule has 2 unspecified atom stereocenters. The number of carbonyl (C=O) groups excluding carboxylic acids is 1. The van der Waals surface area contributed by atoms with E-state index in [2.05, 4.69) is 27.4 Å². The number of nitrogens with two attached hydrogens (primary N) is 1. The number of guanidine groups is 1. The van der Waals surface area contributed by atoms with Crippen LogP contribution in [0.3, 0.4) is 0 Å². The molecule has 25 heavy (non-hydrogen) atoms. The van der Waals surface area contributed by atoms with Crippen LogP contribution in [0.2, 0.25) is 0 Å². The number of likely N-dealkylation sites (tertiary alicyclic amines) is 1. The van der Waals surface area contributed by atoms with Gasteiger partial charge in [0.05, 0.1) is 12.6 Å². The number of rotatable bonds is 7. The summed E-state index contributed by atoms with van der Waals surface area (Å²) >= 11 is 0. The van der Waals surface area contributed by atoms with Crippen molar-refractivity contribution >= 4 is 12.1 Å². The molecule has 2 fully saturated rings. The molecule has 0 aromatic heterocycles. The summed E-state index contributed by atoms with van der Waals surface area (Å²) in [6.45, 7) is 11.3. The molecule has 1 saturated heterocycles. The first-order chi connectivity index (χ1) is 11.8. The summed E-state index contributed by atoms with van der Waals surface area (Å²) in [4.78, 5) is 18.9. The van der Waals surface area contributed by atoms with E-state index < -0.39 is 5.60 Å². The van der Waals surface area contributed by atoms with Crippen molar-refractivity contribution < 1.29 is 9.53 Å². The second-order valence-electron chi connectivity index (χ2n) is 8.12. The highest BCUT2D eigenvalue weighted by molar-refractivity contribution is 5.78. The van der Waals surface area contributed by atoms with Crippen LogP contribution >= 0.6 is 0 Å². The number of amides is 1. The standard InChI is InChI=1S/C18H35N5O2/c1-5-23-10-6-7-14(23)11-20-16(19)21-12-15(13-8-9-13)22-17(24)25-18(2,3)4/h13-15H,5-12H2,1-4H3,(H,22,24)(H3,19,20,21). The van der Waals surface area contributed by atoms with E-state index in [4.69, 9.17) is 10.5 Å². The molecular formula is C18H35N5O2. The molecular weight excluding hydrogens is 318 g/mol. The van der Waals surface area contributed by atoms with Gasteiger partial charge in [0.2, 0.25) is 0 Å². The molecule has 7 heteroatoms. The average molecular weight is 354 g/mol. The normalized spacial score (nSPS) is 23.4. The first-order valence-electron chi connectivity index (χ1n) is 9.56. The predicted octanol–water partition coefficient (Wildman–Crippen LogP) is 1.68. The Bertz CT molecular complexity index is 471. The van der Waals surface area contributed by atoms with Crippen molar-refractivity contribution in [3.8, 4) is 0 Å². The second kappa shape index (κ2) is 8.74. The van der Waals surface area contributed by atoms with Crippen LogP contribution in [0.1, 0.15) is 53.4 Å². The zero-order chi connectivity index (χ0) is 18.4. The molecule has 1 heterocycles. The van der Waals surface area contributed by atoms with Gasteiger partial charge in [-0.05, 0) is 65.5 Å². The minimum atomic E-state index is -0.492. The zero-order valence-electron chi connectivity index (χ0n) is 16.2. The maximum Gasteiger partial charge on any atom is 0.407 e. The summed E-state index contributed by atoms with van der Waals surface area (Å²) in [5.74, 6) is 0.939. The van der Waals surface area contributed by atoms with Crippen molar-refractivity contribution in [1.29, 1.82) is 0 Å². The van der Waals surface area contributed by atoms with Crippen LogP contribution in [0.15, 0.2) is 4.99 Å². The van der Waals surface area contributed by atoms with Crippen LogP contribution in [-0.2, 0) is 4.74 Å². The number of aliphatic imine (C=N–C) groups is 1. The first kappa shape index (κ1) is 19.8. The molecule has 2 atom stereocenters. The lowest BCUT2D eigenvalue weighted by Gasteiger charge is -2.24. The molecule has 1 aliphatic heterocycles. The third kappa shape index (κ3) is 7.10. The van der Waals surface area contributed by atoms with Gasteiger partial charge in [-0.2, -0.15) is 0 Å². The number of hydrogen-bond acceptors (Lipinski definition) is 4. The molecule has 1 saturated carbocycles. The molecule has 2 rings (SSSR count). The highest BCUT2D eigenvalue weighted by Crippen LogP contribution is 2.33. The Morgan fingerprint density at radius 1 is 1.36 bits per heavy atom. The van der Waals surface area contributed by atoms with E-state index >= 15 is 0 Å². The molecule has 0 radical (unpaired) electrons. The van der Waals surface area contributed by atoms with Gasteiger partial charge in [0.1, 0.15) is 5.60 Å². The van der Waals surface area contributed by atoms with Crippen molar-refractivity contribution in [3.63, 3.8) is 0 Å². The Labute approximate surface area is 151 Å². The van der Waals surface area contributed by atoms with Gasteiger partial charge in [0, 0.05) is 12.6 Å². The first-order valence-corrected chi connectivity index (χ1v) is 9.56. The van der Waals surface area contributed by atoms with Crippen molar-refractivity contribution in [2.75, 3.05) is 26.2 Å². The van der Waals surface area contributed by atoms with Crippen molar-refractivity contribution in [1.82, 2.24) is 15.5 Å². The smallest absolute Gasteiger partial charge is 0.407 e. The van der Waals surface area contributed by atoms with E-state index in [1.165, 1.54) is 19.4 Å². The number of nitrogens with one attached hydrogen (secondary N) is 2. The Balaban J connectivity index is 1.77. The lowest BCUT2D eigenvalue weighted by atomic mass is 10.2. The van der Waals surface area contributed by atoms with Gasteiger partial charge >= 0.3 is 6.09 Å². The minimum Gasteiger partial charge on any atom is -0.444 e. The van der Waals surface area contributed by atoms with E-state index in [1.54, 1.807) is 0 Å². The number of ether oxygens (including phenoxy) is 1. The molecule has 0 aromatic carbocycles. The number of nitrogens with zero attached hydrogens (tertiary/aromatic N) is 2. The molecule has 7 nitrogen and oxygen atoms in total. The Morgan fingerprint density at radius 2 is 2.08 bits per heavy atom. The number of carbonyl (C=O) groups is 1. The Kier molecular flexibility index (Phi) is 6.93. The van der Waals surface area contributed by atoms with Crippen molar-refractivity contribution in [2.24, 2.45) is 16.6 Å². The Hall–Kier alpha value is -1.50. The van der Waals surface area contributed by atoms with Crippen molar-refractivity contribution in [3.05, 3.63) is 0 Å². The summed E-state index contributed by atoms with van der Waals surface area (Å²) < 4.78 is 5.34. The SMILES string of the molecule is CCN1CCCC1CNC(N)=NCC(NC(=O)OC(C)(C)C)C1CC1. The second-order valence-corrected chi connectivity index (χ2v) is 8.12. The molecule has 1 amide bonds. The van der Waals surface area contributed by atoms with Gasteiger partial charge in [0.25, 0.3) is 0 Å². The van der Waals surface area contributed by atoms with Gasteiger partial charge in [-0.15, -0.1) is 0 Å². The zero-order valence-corrected chi connectivity index (χ0v) is 16.2. The summed E-state index contributed by atoms with van der Waals surface area (Å²) in [5.41, 5.74) is 5.52. The molecule has 4 N–H and O–H groups in total. The third-order valence-corrected chi connectivity index (χ3v) is 4.78. The Morgan fingerprint density at radius 3 is 2.68 bits per heavy atom. The van der Waals surface area contributed by atoms with Gasteiger partial charge < -0.3 is 21.1 Å². The predicted molar refractivity (Wildman–Crippen MR) is 101 cm³/mol. The molecule has 1 aliphatic carbocycles. The van der Waals surface area contributed by atoms with Crippen LogP contribution in [0.5, 0.6) is 0 Å². The maximum absolute atomic E-state index is 12.0. The topological polar surface area (TPSA) is 92.0 Å². The number of likely N-dealkylation sites (N-methyl/N-ethyl adjacent to an activating group) is 1. The fourth-order valence-electron chi connectivity index (χ4n) is 3.29. The number of alkyl carbamates (subject to hydrolysis) is 1. The average Bonchev–Trinajstić information content (AvgIpc) is 3.26. The molecule has 0 aromatic rings. The fourth-order valence-corrected chi connectivity index (χ4v) is 3.29. The largest absolute Gasteiger partial charge is 0.444 e. The van der Waals surface area contributed by atoms with Crippen LogP contribution < -0.4 is 16.4 Å². The molecule has 2 aliphatic rings. The van der Waals surface area contributed by atoms with Crippen LogP contribution in [-0.4, -0.2) is 60.8 Å². The summed E-state index contributed by atoms with van der Waals surface area (Å²) in [7, 11) is 0. The van der Waals surface area contributed by atoms with E-state index in [9.17, 15) is 4.79 Å². The molecule has 0 bridgehead atoms. The summed E-state index contributed by atoms with van der Waals surface area (Å²) in [6, 6.07) is 0.534. The van der Waals surface area contributed by atoms with Gasteiger partial charge in [0.15, 0.2) is 5.96 Å². The highest BCUT2D eigenvalue weighted by Gasteiger charge is 2.33. The van der Waals surface area contributed by atoms with Crippen LogP contribution in [0.25, 0.3) is 0 Å². The van der Waals surface area contributed by atoms with E-state index in [-0.39, 0.29) is 12.1 Å². The van der Waals surface area contributed by atoms with E-state index in [1.807, 2.05) is 20.8 Å². The molecule has 144 valence electrons. The lowest BCUT2D eigenvalue weighted by molar-refractivity contribution is 0.0500. The third-order valence-electron chi connectivity index (χ3n) is 4.78.